The fraction of sp³-hybridized carbons (Fsp3) is 0.0952. The number of sulfonamides is 1. The topological polar surface area (TPSA) is 110 Å². The van der Waals surface area contributed by atoms with Crippen molar-refractivity contribution in [2.24, 2.45) is 0 Å². The molecule has 0 aromatic heterocycles. The van der Waals surface area contributed by atoms with Gasteiger partial charge in [-0.15, -0.1) is 0 Å². The van der Waals surface area contributed by atoms with Gasteiger partial charge in [0.2, 0.25) is 0 Å². The van der Waals surface area contributed by atoms with Crippen LogP contribution in [0.25, 0.3) is 0 Å². The summed E-state index contributed by atoms with van der Waals surface area (Å²) in [6.45, 7) is 0.278. The molecule has 0 saturated carbocycles. The number of anilines is 1. The van der Waals surface area contributed by atoms with Gasteiger partial charge in [-0.05, 0) is 48.0 Å². The number of carbonyl (C=O) groups excluding carboxylic acids is 1. The van der Waals surface area contributed by atoms with Gasteiger partial charge < -0.3 is 4.90 Å². The molecule has 0 radical (unpaired) electrons. The minimum atomic E-state index is -4.04. The van der Waals surface area contributed by atoms with Gasteiger partial charge >= 0.3 is 0 Å². The maximum atomic E-state index is 13.0. The number of hydrogen-bond acceptors (Lipinski definition) is 5. The first kappa shape index (κ1) is 21.9. The second-order valence-corrected chi connectivity index (χ2v) is 8.41. The molecule has 0 spiro atoms. The van der Waals surface area contributed by atoms with E-state index in [2.05, 4.69) is 4.72 Å². The van der Waals surface area contributed by atoms with Crippen LogP contribution in [0.1, 0.15) is 15.9 Å². The number of non-ortho nitro benzene ring substituents is 1. The third-order valence-corrected chi connectivity index (χ3v) is 5.78. The van der Waals surface area contributed by atoms with E-state index in [1.807, 2.05) is 0 Å². The van der Waals surface area contributed by atoms with Crippen molar-refractivity contribution < 1.29 is 22.5 Å². The molecule has 0 aliphatic carbocycles. The van der Waals surface area contributed by atoms with Crippen molar-refractivity contribution >= 4 is 27.3 Å². The lowest BCUT2D eigenvalue weighted by Crippen LogP contribution is -2.26. The molecule has 1 N–H and O–H groups in total. The molecule has 3 aromatic carbocycles. The van der Waals surface area contributed by atoms with Gasteiger partial charge in [0.25, 0.3) is 21.6 Å². The van der Waals surface area contributed by atoms with Crippen molar-refractivity contribution in [3.63, 3.8) is 0 Å². The van der Waals surface area contributed by atoms with E-state index in [-0.39, 0.29) is 34.5 Å². The number of nitrogens with one attached hydrogen (secondary N) is 1. The summed E-state index contributed by atoms with van der Waals surface area (Å²) in [5, 5.41) is 10.9. The van der Waals surface area contributed by atoms with E-state index in [0.717, 1.165) is 11.6 Å². The minimum Gasteiger partial charge on any atom is -0.337 e. The van der Waals surface area contributed by atoms with Crippen molar-refractivity contribution in [3.05, 3.63) is 99.9 Å². The highest BCUT2D eigenvalue weighted by Gasteiger charge is 2.18. The van der Waals surface area contributed by atoms with Crippen LogP contribution in [0.2, 0.25) is 0 Å². The van der Waals surface area contributed by atoms with Crippen molar-refractivity contribution in [1.82, 2.24) is 4.90 Å². The van der Waals surface area contributed by atoms with Crippen molar-refractivity contribution in [1.29, 1.82) is 0 Å². The van der Waals surface area contributed by atoms with Crippen molar-refractivity contribution in [2.75, 3.05) is 11.8 Å². The summed E-state index contributed by atoms with van der Waals surface area (Å²) >= 11 is 0. The third kappa shape index (κ3) is 5.43. The Morgan fingerprint density at radius 2 is 1.71 bits per heavy atom. The molecule has 8 nitrogen and oxygen atoms in total. The predicted octanol–water partition coefficient (Wildman–Crippen LogP) is 3.81. The van der Waals surface area contributed by atoms with Gasteiger partial charge in [0, 0.05) is 37.0 Å². The van der Waals surface area contributed by atoms with E-state index in [1.54, 1.807) is 19.2 Å². The average Bonchev–Trinajstić information content (AvgIpc) is 2.75. The Kier molecular flexibility index (Phi) is 6.30. The van der Waals surface area contributed by atoms with Gasteiger partial charge in [-0.25, -0.2) is 12.8 Å². The smallest absolute Gasteiger partial charge is 0.270 e. The van der Waals surface area contributed by atoms with Crippen LogP contribution in [-0.4, -0.2) is 31.2 Å². The Labute approximate surface area is 178 Å². The molecule has 0 aliphatic rings. The van der Waals surface area contributed by atoms with Crippen LogP contribution in [0.3, 0.4) is 0 Å². The summed E-state index contributed by atoms with van der Waals surface area (Å²) in [5.41, 5.74) is 0.957. The average molecular weight is 443 g/mol. The highest BCUT2D eigenvalue weighted by Crippen LogP contribution is 2.21. The zero-order valence-corrected chi connectivity index (χ0v) is 17.2. The monoisotopic (exact) mass is 443 g/mol. The molecule has 0 fully saturated rings. The SMILES string of the molecule is CN(Cc1ccc(F)cc1)C(=O)c1ccc(NS(=O)(=O)c2cccc([N+](=O)[O-])c2)cc1. The normalized spacial score (nSPS) is 11.0. The summed E-state index contributed by atoms with van der Waals surface area (Å²) in [7, 11) is -2.44. The second kappa shape index (κ2) is 8.92. The summed E-state index contributed by atoms with van der Waals surface area (Å²) in [6, 6.07) is 16.3. The Balaban J connectivity index is 1.70. The maximum Gasteiger partial charge on any atom is 0.270 e. The van der Waals surface area contributed by atoms with Crippen LogP contribution >= 0.6 is 0 Å². The molecule has 0 unspecified atom stereocenters. The third-order valence-electron chi connectivity index (χ3n) is 4.40. The Bertz CT molecular complexity index is 1210. The standard InChI is InChI=1S/C21H18FN3O5S/c1-24(14-15-5-9-17(22)10-6-15)21(26)16-7-11-18(12-8-16)23-31(29,30)20-4-2-3-19(13-20)25(27)28/h2-13,23H,14H2,1H3. The Morgan fingerprint density at radius 3 is 2.32 bits per heavy atom. The number of halogens is 1. The van der Waals surface area contributed by atoms with Gasteiger partial charge in [-0.1, -0.05) is 18.2 Å². The molecule has 1 amide bonds. The highest BCUT2D eigenvalue weighted by atomic mass is 32.2. The fourth-order valence-corrected chi connectivity index (χ4v) is 3.91. The Morgan fingerprint density at radius 1 is 1.06 bits per heavy atom. The first-order valence-electron chi connectivity index (χ1n) is 9.03. The van der Waals surface area contributed by atoms with Gasteiger partial charge in [-0.3, -0.25) is 19.6 Å². The minimum absolute atomic E-state index is 0.198. The Hall–Kier alpha value is -3.79. The van der Waals surface area contributed by atoms with E-state index in [4.69, 9.17) is 0 Å². The maximum absolute atomic E-state index is 13.0. The molecule has 3 rings (SSSR count). The summed E-state index contributed by atoms with van der Waals surface area (Å²) < 4.78 is 40.3. The van der Waals surface area contributed by atoms with Crippen LogP contribution in [0, 0.1) is 15.9 Å². The molecule has 0 saturated heterocycles. The van der Waals surface area contributed by atoms with Crippen LogP contribution < -0.4 is 4.72 Å². The van der Waals surface area contributed by atoms with E-state index < -0.39 is 14.9 Å². The van der Waals surface area contributed by atoms with Crippen LogP contribution in [0.15, 0.2) is 77.7 Å². The second-order valence-electron chi connectivity index (χ2n) is 6.72. The lowest BCUT2D eigenvalue weighted by molar-refractivity contribution is -0.385. The summed E-state index contributed by atoms with van der Waals surface area (Å²) in [4.78, 5) is 24.0. The van der Waals surface area contributed by atoms with Gasteiger partial charge in [-0.2, -0.15) is 0 Å². The molecule has 10 heteroatoms. The number of nitro groups is 1. The highest BCUT2D eigenvalue weighted by molar-refractivity contribution is 7.92. The van der Waals surface area contributed by atoms with Crippen LogP contribution in [-0.2, 0) is 16.6 Å². The van der Waals surface area contributed by atoms with E-state index >= 15 is 0 Å². The molecule has 160 valence electrons. The number of nitro benzene ring substituents is 1. The molecule has 31 heavy (non-hydrogen) atoms. The van der Waals surface area contributed by atoms with Gasteiger partial charge in [0.15, 0.2) is 0 Å². The number of benzene rings is 3. The quantitative estimate of drug-likeness (QED) is 0.441. The fourth-order valence-electron chi connectivity index (χ4n) is 2.82. The van der Waals surface area contributed by atoms with E-state index in [1.165, 1.54) is 59.5 Å². The van der Waals surface area contributed by atoms with Crippen LogP contribution in [0.5, 0.6) is 0 Å². The van der Waals surface area contributed by atoms with Gasteiger partial charge in [0.1, 0.15) is 5.82 Å². The number of nitrogens with zero attached hydrogens (tertiary/aromatic N) is 2. The van der Waals surface area contributed by atoms with E-state index in [0.29, 0.717) is 5.56 Å². The first-order chi connectivity index (χ1) is 14.7. The number of amides is 1. The van der Waals surface area contributed by atoms with Gasteiger partial charge in [0.05, 0.1) is 9.82 Å². The summed E-state index contributed by atoms with van der Waals surface area (Å²) in [5.74, 6) is -0.654. The lowest BCUT2D eigenvalue weighted by Gasteiger charge is -2.17. The molecule has 0 heterocycles. The number of rotatable bonds is 7. The molecule has 0 aliphatic heterocycles. The number of carbonyl (C=O) groups is 1. The molecule has 0 atom stereocenters. The van der Waals surface area contributed by atoms with Crippen molar-refractivity contribution in [3.8, 4) is 0 Å². The molecule has 3 aromatic rings. The van der Waals surface area contributed by atoms with E-state index in [9.17, 15) is 27.7 Å². The molecular weight excluding hydrogens is 425 g/mol. The summed E-state index contributed by atoms with van der Waals surface area (Å²) in [6.07, 6.45) is 0. The number of hydrogen-bond donors (Lipinski definition) is 1. The zero-order chi connectivity index (χ0) is 22.6. The molecule has 0 bridgehead atoms. The first-order valence-corrected chi connectivity index (χ1v) is 10.5. The predicted molar refractivity (Wildman–Crippen MR) is 113 cm³/mol. The van der Waals surface area contributed by atoms with Crippen molar-refractivity contribution in [2.45, 2.75) is 11.4 Å². The lowest BCUT2D eigenvalue weighted by atomic mass is 10.1. The zero-order valence-electron chi connectivity index (χ0n) is 16.4. The molecular formula is C21H18FN3O5S. The largest absolute Gasteiger partial charge is 0.337 e. The van der Waals surface area contributed by atoms with Crippen LogP contribution in [0.4, 0.5) is 15.8 Å².